The topological polar surface area (TPSA) is 68.8 Å². The molecule has 7 heteroatoms. The minimum absolute atomic E-state index is 0.577. The first-order chi connectivity index (χ1) is 15.2. The molecule has 4 rings (SSSR count). The molecule has 0 bridgehead atoms. The van der Waals surface area contributed by atoms with Crippen LogP contribution in [-0.2, 0) is 19.5 Å². The second kappa shape index (κ2) is 10.6. The summed E-state index contributed by atoms with van der Waals surface area (Å²) >= 11 is 5.91. The van der Waals surface area contributed by atoms with E-state index in [1.165, 1.54) is 5.56 Å². The van der Waals surface area contributed by atoms with Gasteiger partial charge >= 0.3 is 0 Å². The zero-order valence-electron chi connectivity index (χ0n) is 17.1. The fourth-order valence-corrected chi connectivity index (χ4v) is 3.28. The smallest absolute Gasteiger partial charge is 0.218 e. The van der Waals surface area contributed by atoms with Crippen molar-refractivity contribution < 1.29 is 4.42 Å². The lowest BCUT2D eigenvalue weighted by Crippen LogP contribution is -2.00. The lowest BCUT2D eigenvalue weighted by atomic mass is 10.1. The van der Waals surface area contributed by atoms with Crippen LogP contribution in [0.5, 0.6) is 0 Å². The van der Waals surface area contributed by atoms with Gasteiger partial charge in [-0.1, -0.05) is 41.1 Å². The summed E-state index contributed by atoms with van der Waals surface area (Å²) in [6.45, 7) is 1.52. The van der Waals surface area contributed by atoms with Crippen molar-refractivity contribution in [3.8, 4) is 0 Å². The highest BCUT2D eigenvalue weighted by molar-refractivity contribution is 6.30. The number of oxazole rings is 1. The van der Waals surface area contributed by atoms with E-state index >= 15 is 0 Å². The molecule has 0 radical (unpaired) electrons. The number of nitrogens with one attached hydrogen (secondary N) is 1. The maximum absolute atomic E-state index is 5.91. The number of hydrogen-bond donors (Lipinski definition) is 1. The van der Waals surface area contributed by atoms with Crippen LogP contribution in [-0.4, -0.2) is 20.0 Å². The SMILES string of the molecule is Clc1ccc(C=Cc2nc(CNc3ccc(CCCCn4ccnn4)cc3)co2)cc1. The van der Waals surface area contributed by atoms with Gasteiger partial charge in [-0.3, -0.25) is 4.68 Å². The number of unbranched alkanes of at least 4 members (excludes halogenated alkanes) is 1. The van der Waals surface area contributed by atoms with Crippen LogP contribution in [0.15, 0.2) is 71.6 Å². The van der Waals surface area contributed by atoms with Crippen LogP contribution in [0, 0.1) is 0 Å². The van der Waals surface area contributed by atoms with Crippen LogP contribution in [0.25, 0.3) is 12.2 Å². The largest absolute Gasteiger partial charge is 0.445 e. The standard InChI is InChI=1S/C24H24ClN5O/c25-21-9-4-20(5-10-21)8-13-24-28-23(18-31-24)17-26-22-11-6-19(7-12-22)3-1-2-15-30-16-14-27-29-30/h4-14,16,18,26H,1-3,15,17H2. The van der Waals surface area contributed by atoms with Crippen molar-refractivity contribution in [3.63, 3.8) is 0 Å². The summed E-state index contributed by atoms with van der Waals surface area (Å²) in [5.41, 5.74) is 4.29. The molecule has 158 valence electrons. The van der Waals surface area contributed by atoms with Gasteiger partial charge in [0.25, 0.3) is 0 Å². The fraction of sp³-hybridized carbons (Fsp3) is 0.208. The third-order valence-electron chi connectivity index (χ3n) is 4.86. The maximum atomic E-state index is 5.91. The monoisotopic (exact) mass is 433 g/mol. The molecule has 0 saturated carbocycles. The van der Waals surface area contributed by atoms with E-state index in [4.69, 9.17) is 16.0 Å². The summed E-state index contributed by atoms with van der Waals surface area (Å²) < 4.78 is 7.40. The molecule has 0 unspecified atom stereocenters. The van der Waals surface area contributed by atoms with E-state index in [0.717, 1.165) is 47.8 Å². The van der Waals surface area contributed by atoms with Gasteiger partial charge in [-0.2, -0.15) is 0 Å². The van der Waals surface area contributed by atoms with Gasteiger partial charge in [-0.25, -0.2) is 4.98 Å². The van der Waals surface area contributed by atoms with Crippen LogP contribution < -0.4 is 5.32 Å². The molecule has 0 atom stereocenters. The van der Waals surface area contributed by atoms with Crippen molar-refractivity contribution in [3.05, 3.63) is 94.9 Å². The molecular weight excluding hydrogens is 410 g/mol. The minimum Gasteiger partial charge on any atom is -0.445 e. The number of benzene rings is 2. The molecule has 6 nitrogen and oxygen atoms in total. The van der Waals surface area contributed by atoms with Gasteiger partial charge in [0.1, 0.15) is 6.26 Å². The number of aryl methyl sites for hydroxylation is 2. The van der Waals surface area contributed by atoms with Gasteiger partial charge in [0.05, 0.1) is 18.4 Å². The molecule has 0 aliphatic rings. The van der Waals surface area contributed by atoms with Crippen LogP contribution in [0.3, 0.4) is 0 Å². The van der Waals surface area contributed by atoms with Crippen LogP contribution >= 0.6 is 11.6 Å². The molecule has 0 spiro atoms. The number of nitrogens with zero attached hydrogens (tertiary/aromatic N) is 4. The summed E-state index contributed by atoms with van der Waals surface area (Å²) in [4.78, 5) is 4.49. The Morgan fingerprint density at radius 3 is 2.61 bits per heavy atom. The fourth-order valence-electron chi connectivity index (χ4n) is 3.16. The number of rotatable bonds is 10. The Morgan fingerprint density at radius 2 is 1.84 bits per heavy atom. The second-order valence-corrected chi connectivity index (χ2v) is 7.67. The van der Waals surface area contributed by atoms with E-state index in [2.05, 4.69) is 44.9 Å². The van der Waals surface area contributed by atoms with Crippen molar-refractivity contribution in [1.29, 1.82) is 0 Å². The average molecular weight is 434 g/mol. The lowest BCUT2D eigenvalue weighted by Gasteiger charge is -2.06. The molecule has 0 fully saturated rings. The van der Waals surface area contributed by atoms with E-state index < -0.39 is 0 Å². The maximum Gasteiger partial charge on any atom is 0.218 e. The third kappa shape index (κ3) is 6.55. The molecule has 2 aromatic heterocycles. The highest BCUT2D eigenvalue weighted by Crippen LogP contribution is 2.15. The highest BCUT2D eigenvalue weighted by Gasteiger charge is 2.02. The molecule has 1 N–H and O–H groups in total. The Kier molecular flexibility index (Phi) is 7.13. The van der Waals surface area contributed by atoms with Crippen molar-refractivity contribution in [2.24, 2.45) is 0 Å². The van der Waals surface area contributed by atoms with Crippen molar-refractivity contribution >= 4 is 29.4 Å². The van der Waals surface area contributed by atoms with Gasteiger partial charge in [-0.05, 0) is 60.7 Å². The van der Waals surface area contributed by atoms with Gasteiger partial charge in [0.15, 0.2) is 0 Å². The zero-order chi connectivity index (χ0) is 21.3. The lowest BCUT2D eigenvalue weighted by molar-refractivity contribution is 0.541. The van der Waals surface area contributed by atoms with Gasteiger partial charge in [-0.15, -0.1) is 5.10 Å². The molecule has 0 saturated heterocycles. The highest BCUT2D eigenvalue weighted by atomic mass is 35.5. The number of anilines is 1. The van der Waals surface area contributed by atoms with Gasteiger partial charge in [0.2, 0.25) is 5.89 Å². The van der Waals surface area contributed by atoms with Crippen LogP contribution in [0.2, 0.25) is 5.02 Å². The zero-order valence-corrected chi connectivity index (χ0v) is 17.9. The Labute approximate surface area is 186 Å². The first-order valence-corrected chi connectivity index (χ1v) is 10.7. The molecular formula is C24H24ClN5O. The number of aromatic nitrogens is 4. The first kappa shape index (κ1) is 20.9. The van der Waals surface area contributed by atoms with E-state index in [9.17, 15) is 0 Å². The summed E-state index contributed by atoms with van der Waals surface area (Å²) in [7, 11) is 0. The second-order valence-electron chi connectivity index (χ2n) is 7.24. The average Bonchev–Trinajstić information content (AvgIpc) is 3.48. The van der Waals surface area contributed by atoms with Crippen molar-refractivity contribution in [2.45, 2.75) is 32.4 Å². The molecule has 31 heavy (non-hydrogen) atoms. The molecule has 4 aromatic rings. The first-order valence-electron chi connectivity index (χ1n) is 10.3. The van der Waals surface area contributed by atoms with Gasteiger partial charge < -0.3 is 9.73 Å². The Morgan fingerprint density at radius 1 is 1.00 bits per heavy atom. The predicted octanol–water partition coefficient (Wildman–Crippen LogP) is 5.72. The third-order valence-corrected chi connectivity index (χ3v) is 5.11. The molecule has 2 heterocycles. The van der Waals surface area contributed by atoms with E-state index in [1.807, 2.05) is 47.3 Å². The quantitative estimate of drug-likeness (QED) is 0.324. The number of halogens is 1. The van der Waals surface area contributed by atoms with Crippen molar-refractivity contribution in [2.75, 3.05) is 5.32 Å². The molecule has 0 amide bonds. The molecule has 0 aliphatic heterocycles. The Hall–Kier alpha value is -3.38. The summed E-state index contributed by atoms with van der Waals surface area (Å²) in [5.74, 6) is 0.577. The van der Waals surface area contributed by atoms with Crippen LogP contribution in [0.4, 0.5) is 5.69 Å². The van der Waals surface area contributed by atoms with E-state index in [1.54, 1.807) is 12.5 Å². The summed E-state index contributed by atoms with van der Waals surface area (Å²) in [6.07, 6.45) is 12.4. The Bertz CT molecular complexity index is 1090. The molecule has 0 aliphatic carbocycles. The van der Waals surface area contributed by atoms with E-state index in [0.29, 0.717) is 12.4 Å². The predicted molar refractivity (Wildman–Crippen MR) is 124 cm³/mol. The summed E-state index contributed by atoms with van der Waals surface area (Å²) in [5, 5.41) is 11.9. The van der Waals surface area contributed by atoms with Crippen LogP contribution in [0.1, 0.15) is 35.6 Å². The minimum atomic E-state index is 0.577. The number of hydrogen-bond acceptors (Lipinski definition) is 5. The normalized spacial score (nSPS) is 11.3. The van der Waals surface area contributed by atoms with Crippen molar-refractivity contribution in [1.82, 2.24) is 20.0 Å². The van der Waals surface area contributed by atoms with Gasteiger partial charge in [0, 0.05) is 29.5 Å². The molecule has 2 aromatic carbocycles. The summed E-state index contributed by atoms with van der Waals surface area (Å²) in [6, 6.07) is 16.2. The Balaban J connectivity index is 1.20. The van der Waals surface area contributed by atoms with E-state index in [-0.39, 0.29) is 0 Å².